The van der Waals surface area contributed by atoms with Crippen molar-refractivity contribution in [2.45, 2.75) is 0 Å². The van der Waals surface area contributed by atoms with Crippen molar-refractivity contribution in [1.82, 2.24) is 5.32 Å². The van der Waals surface area contributed by atoms with E-state index in [4.69, 9.17) is 9.15 Å². The molecule has 21 heavy (non-hydrogen) atoms. The molecule has 0 fully saturated rings. The Bertz CT molecular complexity index is 658. The fourth-order valence-corrected chi connectivity index (χ4v) is 1.55. The van der Waals surface area contributed by atoms with E-state index in [1.807, 2.05) is 24.3 Å². The van der Waals surface area contributed by atoms with Gasteiger partial charge in [0, 0.05) is 11.6 Å². The highest BCUT2D eigenvalue weighted by Gasteiger charge is 1.94. The zero-order chi connectivity index (χ0) is 14.9. The average Bonchev–Trinajstić information content (AvgIpc) is 3.03. The van der Waals surface area contributed by atoms with Gasteiger partial charge in [0.1, 0.15) is 11.5 Å². The SMILES string of the molecule is COc1ccc(C#CCNC(=O)/C=C/c2ccco2)cc1. The summed E-state index contributed by atoms with van der Waals surface area (Å²) in [6.45, 7) is 0.285. The number of hydrogen-bond acceptors (Lipinski definition) is 3. The lowest BCUT2D eigenvalue weighted by Crippen LogP contribution is -2.20. The Morgan fingerprint density at radius 3 is 2.81 bits per heavy atom. The standard InChI is InChI=1S/C17H15NO3/c1-20-15-8-6-14(7-9-15)4-2-12-18-17(19)11-10-16-5-3-13-21-16/h3,5-11,13H,12H2,1H3,(H,18,19)/b11-10+. The van der Waals surface area contributed by atoms with Crippen LogP contribution in [-0.4, -0.2) is 19.6 Å². The molecule has 0 bridgehead atoms. The van der Waals surface area contributed by atoms with Gasteiger partial charge in [-0.15, -0.1) is 0 Å². The molecule has 1 aromatic heterocycles. The Labute approximate surface area is 123 Å². The van der Waals surface area contributed by atoms with Gasteiger partial charge in [0.05, 0.1) is 19.9 Å². The van der Waals surface area contributed by atoms with Crippen molar-refractivity contribution in [3.05, 3.63) is 60.1 Å². The van der Waals surface area contributed by atoms with E-state index in [9.17, 15) is 4.79 Å². The summed E-state index contributed by atoms with van der Waals surface area (Å²) in [7, 11) is 1.62. The fraction of sp³-hybridized carbons (Fsp3) is 0.118. The minimum Gasteiger partial charge on any atom is -0.497 e. The highest BCUT2D eigenvalue weighted by molar-refractivity contribution is 5.91. The predicted molar refractivity (Wildman–Crippen MR) is 80.6 cm³/mol. The number of carbonyl (C=O) groups is 1. The first-order valence-corrected chi connectivity index (χ1v) is 6.40. The Hall–Kier alpha value is -2.93. The molecule has 0 saturated heterocycles. The van der Waals surface area contributed by atoms with Gasteiger partial charge in [0.15, 0.2) is 0 Å². The van der Waals surface area contributed by atoms with Crippen LogP contribution in [0.15, 0.2) is 53.2 Å². The summed E-state index contributed by atoms with van der Waals surface area (Å²) in [5.74, 6) is 7.05. The Morgan fingerprint density at radius 2 is 2.14 bits per heavy atom. The molecule has 0 saturated carbocycles. The van der Waals surface area contributed by atoms with Gasteiger partial charge < -0.3 is 14.5 Å². The average molecular weight is 281 g/mol. The van der Waals surface area contributed by atoms with Crippen LogP contribution >= 0.6 is 0 Å². The van der Waals surface area contributed by atoms with E-state index in [0.717, 1.165) is 11.3 Å². The Balaban J connectivity index is 1.78. The van der Waals surface area contributed by atoms with Crippen LogP contribution < -0.4 is 10.1 Å². The number of nitrogens with one attached hydrogen (secondary N) is 1. The molecular weight excluding hydrogens is 266 g/mol. The third-order valence-corrected chi connectivity index (χ3v) is 2.62. The third kappa shape index (κ3) is 4.92. The first kappa shape index (κ1) is 14.5. The molecule has 1 N–H and O–H groups in total. The topological polar surface area (TPSA) is 51.5 Å². The van der Waals surface area contributed by atoms with Crippen molar-refractivity contribution in [2.24, 2.45) is 0 Å². The van der Waals surface area contributed by atoms with E-state index >= 15 is 0 Å². The van der Waals surface area contributed by atoms with Crippen LogP contribution in [0.4, 0.5) is 0 Å². The number of carbonyl (C=O) groups excluding carboxylic acids is 1. The molecule has 0 aliphatic heterocycles. The summed E-state index contributed by atoms with van der Waals surface area (Å²) in [6.07, 6.45) is 4.57. The van der Waals surface area contributed by atoms with Gasteiger partial charge in [-0.25, -0.2) is 0 Å². The lowest BCUT2D eigenvalue weighted by atomic mass is 10.2. The van der Waals surface area contributed by atoms with E-state index in [1.165, 1.54) is 6.08 Å². The van der Waals surface area contributed by atoms with Gasteiger partial charge in [-0.1, -0.05) is 11.8 Å². The zero-order valence-electron chi connectivity index (χ0n) is 11.6. The molecule has 0 aliphatic rings. The van der Waals surface area contributed by atoms with Crippen LogP contribution in [0, 0.1) is 11.8 Å². The van der Waals surface area contributed by atoms with Gasteiger partial charge in [-0.3, -0.25) is 4.79 Å². The van der Waals surface area contributed by atoms with Gasteiger partial charge >= 0.3 is 0 Å². The molecule has 0 spiro atoms. The van der Waals surface area contributed by atoms with Crippen molar-refractivity contribution in [3.63, 3.8) is 0 Å². The fourth-order valence-electron chi connectivity index (χ4n) is 1.55. The Kier molecular flexibility index (Phi) is 5.25. The largest absolute Gasteiger partial charge is 0.497 e. The first-order valence-electron chi connectivity index (χ1n) is 6.40. The van der Waals surface area contributed by atoms with Gasteiger partial charge in [-0.2, -0.15) is 0 Å². The van der Waals surface area contributed by atoms with Crippen molar-refractivity contribution in [3.8, 4) is 17.6 Å². The molecule has 106 valence electrons. The smallest absolute Gasteiger partial charge is 0.244 e. The minimum atomic E-state index is -0.213. The molecule has 2 aromatic rings. The molecule has 0 unspecified atom stereocenters. The lowest BCUT2D eigenvalue weighted by Gasteiger charge is -1.97. The number of amides is 1. The highest BCUT2D eigenvalue weighted by Crippen LogP contribution is 2.09. The van der Waals surface area contributed by atoms with Crippen LogP contribution in [0.25, 0.3) is 6.08 Å². The summed E-state index contributed by atoms with van der Waals surface area (Å²) in [6, 6.07) is 10.9. The zero-order valence-corrected chi connectivity index (χ0v) is 11.6. The summed E-state index contributed by atoms with van der Waals surface area (Å²) < 4.78 is 10.1. The predicted octanol–water partition coefficient (Wildman–Crippen LogP) is 2.47. The second kappa shape index (κ2) is 7.61. The highest BCUT2D eigenvalue weighted by atomic mass is 16.5. The quantitative estimate of drug-likeness (QED) is 0.692. The molecule has 1 heterocycles. The second-order valence-electron chi connectivity index (χ2n) is 4.10. The van der Waals surface area contributed by atoms with E-state index in [2.05, 4.69) is 17.2 Å². The summed E-state index contributed by atoms with van der Waals surface area (Å²) >= 11 is 0. The molecule has 2 rings (SSSR count). The van der Waals surface area contributed by atoms with Crippen molar-refractivity contribution >= 4 is 12.0 Å². The molecule has 4 nitrogen and oxygen atoms in total. The summed E-state index contributed by atoms with van der Waals surface area (Å²) in [5, 5.41) is 2.67. The van der Waals surface area contributed by atoms with E-state index < -0.39 is 0 Å². The van der Waals surface area contributed by atoms with Crippen LogP contribution in [-0.2, 0) is 4.79 Å². The lowest BCUT2D eigenvalue weighted by molar-refractivity contribution is -0.116. The number of methoxy groups -OCH3 is 1. The van der Waals surface area contributed by atoms with E-state index in [1.54, 1.807) is 31.6 Å². The molecule has 4 heteroatoms. The van der Waals surface area contributed by atoms with Crippen molar-refractivity contribution in [1.29, 1.82) is 0 Å². The maximum Gasteiger partial charge on any atom is 0.244 e. The minimum absolute atomic E-state index is 0.213. The summed E-state index contributed by atoms with van der Waals surface area (Å²) in [5.41, 5.74) is 0.871. The second-order valence-corrected chi connectivity index (χ2v) is 4.10. The molecule has 0 aliphatic carbocycles. The number of rotatable bonds is 4. The van der Waals surface area contributed by atoms with Gasteiger partial charge in [0.2, 0.25) is 5.91 Å². The van der Waals surface area contributed by atoms with Crippen molar-refractivity contribution < 1.29 is 13.9 Å². The van der Waals surface area contributed by atoms with Crippen molar-refractivity contribution in [2.75, 3.05) is 13.7 Å². The molecular formula is C17H15NO3. The third-order valence-electron chi connectivity index (χ3n) is 2.62. The van der Waals surface area contributed by atoms with E-state index in [-0.39, 0.29) is 12.5 Å². The first-order chi connectivity index (χ1) is 10.3. The monoisotopic (exact) mass is 281 g/mol. The van der Waals surface area contributed by atoms with Crippen LogP contribution in [0.2, 0.25) is 0 Å². The molecule has 0 atom stereocenters. The molecule has 0 radical (unpaired) electrons. The Morgan fingerprint density at radius 1 is 1.33 bits per heavy atom. The van der Waals surface area contributed by atoms with E-state index in [0.29, 0.717) is 5.76 Å². The molecule has 1 aromatic carbocycles. The van der Waals surface area contributed by atoms with Gasteiger partial charge in [0.25, 0.3) is 0 Å². The maximum atomic E-state index is 11.5. The number of furan rings is 1. The molecule has 1 amide bonds. The van der Waals surface area contributed by atoms with Crippen LogP contribution in [0.5, 0.6) is 5.75 Å². The number of hydrogen-bond donors (Lipinski definition) is 1. The summed E-state index contributed by atoms with van der Waals surface area (Å²) in [4.78, 5) is 11.5. The normalized spacial score (nSPS) is 9.95. The van der Waals surface area contributed by atoms with Gasteiger partial charge in [-0.05, 0) is 42.5 Å². The van der Waals surface area contributed by atoms with Crippen LogP contribution in [0.3, 0.4) is 0 Å². The maximum absolute atomic E-state index is 11.5. The number of ether oxygens (including phenoxy) is 1. The van der Waals surface area contributed by atoms with Crippen LogP contribution in [0.1, 0.15) is 11.3 Å². The number of benzene rings is 1.